The van der Waals surface area contributed by atoms with Crippen LogP contribution < -0.4 is 9.62 Å². The molecule has 1 aliphatic heterocycles. The highest BCUT2D eigenvalue weighted by Gasteiger charge is 2.20. The Morgan fingerprint density at radius 2 is 1.71 bits per heavy atom. The molecule has 1 fully saturated rings. The van der Waals surface area contributed by atoms with Crippen LogP contribution in [-0.2, 0) is 27.9 Å². The van der Waals surface area contributed by atoms with Crippen LogP contribution in [0.15, 0.2) is 48.5 Å². The van der Waals surface area contributed by atoms with E-state index in [0.717, 1.165) is 35.8 Å². The van der Waals surface area contributed by atoms with Gasteiger partial charge in [0.05, 0.1) is 11.9 Å². The Bertz CT molecular complexity index is 974. The Hall–Kier alpha value is -2.45. The zero-order chi connectivity index (χ0) is 22.3. The Labute approximate surface area is 184 Å². The molecule has 1 N–H and O–H groups in total. The first-order valence-corrected chi connectivity index (χ1v) is 12.5. The summed E-state index contributed by atoms with van der Waals surface area (Å²) in [6.07, 6.45) is 4.03. The number of amides is 1. The van der Waals surface area contributed by atoms with Crippen LogP contribution >= 0.6 is 0 Å². The summed E-state index contributed by atoms with van der Waals surface area (Å²) in [4.78, 5) is 14.6. The van der Waals surface area contributed by atoms with E-state index in [4.69, 9.17) is 0 Å². The Morgan fingerprint density at radius 1 is 1.06 bits per heavy atom. The number of nitrogens with one attached hydrogen (secondary N) is 1. The predicted molar refractivity (Wildman–Crippen MR) is 121 cm³/mol. The van der Waals surface area contributed by atoms with Gasteiger partial charge in [0.1, 0.15) is 5.82 Å². The van der Waals surface area contributed by atoms with Crippen LogP contribution in [0, 0.1) is 5.82 Å². The number of nitrogens with zero attached hydrogens (tertiary/aromatic N) is 2. The number of hydrogen-bond donors (Lipinski definition) is 1. The summed E-state index contributed by atoms with van der Waals surface area (Å²) in [6.45, 7) is 3.74. The van der Waals surface area contributed by atoms with Crippen molar-refractivity contribution in [2.45, 2.75) is 38.8 Å². The van der Waals surface area contributed by atoms with Gasteiger partial charge in [-0.3, -0.25) is 14.0 Å². The minimum atomic E-state index is -3.65. The lowest BCUT2D eigenvalue weighted by atomic mass is 10.1. The first-order chi connectivity index (χ1) is 14.8. The fourth-order valence-electron chi connectivity index (χ4n) is 3.75. The van der Waals surface area contributed by atoms with Crippen LogP contribution in [-0.4, -0.2) is 45.1 Å². The number of benzene rings is 2. The Balaban J connectivity index is 1.44. The molecule has 1 aliphatic rings. The predicted octanol–water partition coefficient (Wildman–Crippen LogP) is 3.28. The number of rotatable bonds is 10. The van der Waals surface area contributed by atoms with Crippen molar-refractivity contribution in [3.8, 4) is 0 Å². The highest BCUT2D eigenvalue weighted by Crippen LogP contribution is 2.22. The number of carbonyl (C=O) groups is 1. The molecule has 3 rings (SSSR count). The maximum Gasteiger partial charge on any atom is 0.232 e. The van der Waals surface area contributed by atoms with Crippen molar-refractivity contribution in [3.63, 3.8) is 0 Å². The van der Waals surface area contributed by atoms with Crippen LogP contribution in [0.4, 0.5) is 10.1 Å². The molecule has 0 unspecified atom stereocenters. The molecule has 0 saturated carbocycles. The number of likely N-dealkylation sites (tertiary alicyclic amines) is 1. The summed E-state index contributed by atoms with van der Waals surface area (Å²) in [5, 5.41) is 2.86. The van der Waals surface area contributed by atoms with E-state index in [1.54, 1.807) is 6.07 Å². The normalized spacial score (nSPS) is 14.5. The monoisotopic (exact) mass is 447 g/mol. The first kappa shape index (κ1) is 23.2. The van der Waals surface area contributed by atoms with Crippen molar-refractivity contribution in [1.29, 1.82) is 0 Å². The number of carbonyl (C=O) groups excluding carboxylic acids is 1. The maximum absolute atomic E-state index is 14.0. The molecule has 8 heteroatoms. The van der Waals surface area contributed by atoms with E-state index in [-0.39, 0.29) is 24.6 Å². The zero-order valence-electron chi connectivity index (χ0n) is 17.9. The van der Waals surface area contributed by atoms with E-state index in [1.807, 2.05) is 12.1 Å². The van der Waals surface area contributed by atoms with E-state index >= 15 is 0 Å². The fraction of sp³-hybridized carbons (Fsp3) is 0.435. The second-order valence-electron chi connectivity index (χ2n) is 7.97. The minimum Gasteiger partial charge on any atom is -0.352 e. The van der Waals surface area contributed by atoms with Crippen molar-refractivity contribution in [2.75, 3.05) is 30.2 Å². The molecule has 31 heavy (non-hydrogen) atoms. The molecular weight excluding hydrogens is 417 g/mol. The van der Waals surface area contributed by atoms with Crippen LogP contribution in [0.25, 0.3) is 0 Å². The average Bonchev–Trinajstić information content (AvgIpc) is 3.24. The molecule has 0 aliphatic carbocycles. The van der Waals surface area contributed by atoms with Gasteiger partial charge in [0.25, 0.3) is 0 Å². The van der Waals surface area contributed by atoms with Gasteiger partial charge in [-0.15, -0.1) is 0 Å². The third kappa shape index (κ3) is 7.04. The van der Waals surface area contributed by atoms with E-state index in [0.29, 0.717) is 13.0 Å². The summed E-state index contributed by atoms with van der Waals surface area (Å²) >= 11 is 0. The molecule has 1 heterocycles. The smallest absolute Gasteiger partial charge is 0.232 e. The summed E-state index contributed by atoms with van der Waals surface area (Å²) in [5.41, 5.74) is 2.29. The molecule has 0 bridgehead atoms. The number of para-hydroxylation sites is 1. The van der Waals surface area contributed by atoms with Gasteiger partial charge in [-0.25, -0.2) is 12.8 Å². The topological polar surface area (TPSA) is 69.7 Å². The second-order valence-corrected chi connectivity index (χ2v) is 9.87. The molecule has 0 spiro atoms. The van der Waals surface area contributed by atoms with Gasteiger partial charge in [0.2, 0.25) is 15.9 Å². The molecule has 2 aromatic rings. The van der Waals surface area contributed by atoms with E-state index in [1.165, 1.54) is 36.6 Å². The largest absolute Gasteiger partial charge is 0.352 e. The van der Waals surface area contributed by atoms with Crippen molar-refractivity contribution < 1.29 is 17.6 Å². The molecule has 0 atom stereocenters. The van der Waals surface area contributed by atoms with Crippen molar-refractivity contribution in [3.05, 3.63) is 65.5 Å². The lowest BCUT2D eigenvalue weighted by molar-refractivity contribution is -0.121. The van der Waals surface area contributed by atoms with E-state index in [9.17, 15) is 17.6 Å². The van der Waals surface area contributed by atoms with Crippen molar-refractivity contribution in [1.82, 2.24) is 10.2 Å². The lowest BCUT2D eigenvalue weighted by Crippen LogP contribution is -2.32. The van der Waals surface area contributed by atoms with Crippen LogP contribution in [0.2, 0.25) is 0 Å². The van der Waals surface area contributed by atoms with E-state index < -0.39 is 15.8 Å². The second kappa shape index (κ2) is 10.7. The molecule has 0 aromatic heterocycles. The molecule has 6 nitrogen and oxygen atoms in total. The van der Waals surface area contributed by atoms with Gasteiger partial charge < -0.3 is 5.32 Å². The Morgan fingerprint density at radius 3 is 2.35 bits per heavy atom. The molecule has 2 aromatic carbocycles. The van der Waals surface area contributed by atoms with Gasteiger partial charge >= 0.3 is 0 Å². The van der Waals surface area contributed by atoms with Crippen LogP contribution in [0.1, 0.15) is 36.8 Å². The molecule has 168 valence electrons. The lowest BCUT2D eigenvalue weighted by Gasteiger charge is -2.22. The molecular formula is C23H30FN3O3S. The Kier molecular flexibility index (Phi) is 8.03. The highest BCUT2D eigenvalue weighted by molar-refractivity contribution is 7.92. The fourth-order valence-corrected chi connectivity index (χ4v) is 4.72. The molecule has 1 amide bonds. The molecule has 0 radical (unpaired) electrons. The highest BCUT2D eigenvalue weighted by atomic mass is 32.2. The minimum absolute atomic E-state index is 0.000529. The average molecular weight is 448 g/mol. The molecule has 1 saturated heterocycles. The summed E-state index contributed by atoms with van der Waals surface area (Å²) in [5.74, 6) is -0.770. The maximum atomic E-state index is 14.0. The van der Waals surface area contributed by atoms with Crippen molar-refractivity contribution in [2.24, 2.45) is 0 Å². The quantitative estimate of drug-likeness (QED) is 0.607. The van der Waals surface area contributed by atoms with Crippen molar-refractivity contribution >= 4 is 21.6 Å². The number of hydrogen-bond acceptors (Lipinski definition) is 4. The van der Waals surface area contributed by atoms with E-state index in [2.05, 4.69) is 22.3 Å². The summed E-state index contributed by atoms with van der Waals surface area (Å²) in [7, 11) is -3.65. The summed E-state index contributed by atoms with van der Waals surface area (Å²) < 4.78 is 39.2. The third-order valence-electron chi connectivity index (χ3n) is 5.40. The van der Waals surface area contributed by atoms with Gasteiger partial charge in [0, 0.05) is 26.1 Å². The summed E-state index contributed by atoms with van der Waals surface area (Å²) in [6, 6.07) is 14.0. The van der Waals surface area contributed by atoms with Crippen LogP contribution in [0.3, 0.4) is 0 Å². The standard InChI is InChI=1S/C23H30FN3O3S/c1-31(29,30)27(22-8-3-2-7-21(22)24)16-6-9-23(28)25-17-19-10-12-20(13-11-19)18-26-14-4-5-15-26/h2-3,7-8,10-13H,4-6,9,14-18H2,1H3,(H,25,28). The van der Waals surface area contributed by atoms with Gasteiger partial charge in [-0.1, -0.05) is 36.4 Å². The van der Waals surface area contributed by atoms with Gasteiger partial charge in [-0.2, -0.15) is 0 Å². The third-order valence-corrected chi connectivity index (χ3v) is 6.58. The number of halogens is 1. The van der Waals surface area contributed by atoms with Gasteiger partial charge in [-0.05, 0) is 55.6 Å². The number of sulfonamides is 1. The van der Waals surface area contributed by atoms with Crippen LogP contribution in [0.5, 0.6) is 0 Å². The van der Waals surface area contributed by atoms with Gasteiger partial charge in [0.15, 0.2) is 0 Å². The zero-order valence-corrected chi connectivity index (χ0v) is 18.7. The number of anilines is 1. The first-order valence-electron chi connectivity index (χ1n) is 10.6. The SMILES string of the molecule is CS(=O)(=O)N(CCCC(=O)NCc1ccc(CN2CCCC2)cc1)c1ccccc1F.